The molecule has 0 aromatic rings. The van der Waals surface area contributed by atoms with E-state index < -0.39 is 42.4 Å². The maximum atomic E-state index is 10.9. The molecule has 0 aliphatic heterocycles. The molecule has 0 rings (SSSR count). The molecule has 0 amide bonds. The molecule has 0 saturated carbocycles. The Balaban J connectivity index is 4.29. The molecule has 0 aromatic heterocycles. The van der Waals surface area contributed by atoms with Gasteiger partial charge in [-0.05, 0) is 0 Å². The Morgan fingerprint density at radius 1 is 1.06 bits per heavy atom. The Kier molecular flexibility index (Phi) is 5.06. The molecule has 0 aromatic carbocycles. The number of esters is 2. The Hall–Kier alpha value is -2.00. The number of ether oxygens (including phenoxy) is 1. The van der Waals surface area contributed by atoms with Crippen molar-refractivity contribution in [2.24, 2.45) is 11.5 Å². The third kappa shape index (κ3) is 4.48. The highest BCUT2D eigenvalue weighted by Crippen LogP contribution is 1.95. The van der Waals surface area contributed by atoms with E-state index in [1.54, 1.807) is 0 Å². The van der Waals surface area contributed by atoms with Gasteiger partial charge in [-0.2, -0.15) is 0 Å². The molecule has 16 heavy (non-hydrogen) atoms. The van der Waals surface area contributed by atoms with Crippen LogP contribution in [0.5, 0.6) is 0 Å². The highest BCUT2D eigenvalue weighted by atomic mass is 16.6. The third-order valence-corrected chi connectivity index (χ3v) is 1.42. The number of carbonyl (C=O) groups is 4. The van der Waals surface area contributed by atoms with E-state index in [1.807, 2.05) is 0 Å². The van der Waals surface area contributed by atoms with Crippen molar-refractivity contribution in [3.8, 4) is 0 Å². The first kappa shape index (κ1) is 14.0. The Labute approximate surface area is 89.0 Å². The summed E-state index contributed by atoms with van der Waals surface area (Å²) in [5, 5.41) is 16.6. The molecule has 9 nitrogen and oxygen atoms in total. The van der Waals surface area contributed by atoms with E-state index in [0.29, 0.717) is 0 Å². The molecule has 0 heterocycles. The van der Waals surface area contributed by atoms with E-state index >= 15 is 0 Å². The molecule has 9 heteroatoms. The van der Waals surface area contributed by atoms with Crippen LogP contribution in [0.3, 0.4) is 0 Å². The average Bonchev–Trinajstić information content (AvgIpc) is 2.14. The molecule has 0 bridgehead atoms. The maximum Gasteiger partial charge on any atom is 0.342 e. The van der Waals surface area contributed by atoms with E-state index in [1.165, 1.54) is 0 Å². The summed E-state index contributed by atoms with van der Waals surface area (Å²) in [6.45, 7) is 0. The number of aliphatic carboxylic acids is 2. The van der Waals surface area contributed by atoms with Crippen LogP contribution in [0.25, 0.3) is 0 Å². The smallest absolute Gasteiger partial charge is 0.342 e. The Bertz CT molecular complexity index is 327. The van der Waals surface area contributed by atoms with E-state index in [2.05, 4.69) is 4.74 Å². The van der Waals surface area contributed by atoms with Crippen molar-refractivity contribution in [2.75, 3.05) is 0 Å². The maximum absolute atomic E-state index is 10.9. The van der Waals surface area contributed by atoms with Gasteiger partial charge in [0.1, 0.15) is 6.04 Å². The van der Waals surface area contributed by atoms with Crippen molar-refractivity contribution in [2.45, 2.75) is 18.5 Å². The van der Waals surface area contributed by atoms with Crippen LogP contribution < -0.4 is 11.5 Å². The molecule has 0 spiro atoms. The van der Waals surface area contributed by atoms with Gasteiger partial charge in [0.15, 0.2) is 0 Å². The number of rotatable bonds is 5. The minimum Gasteiger partial charge on any atom is -0.481 e. The first-order valence-electron chi connectivity index (χ1n) is 3.97. The molecule has 0 fully saturated rings. The zero-order valence-corrected chi connectivity index (χ0v) is 7.95. The predicted molar refractivity (Wildman–Crippen MR) is 46.9 cm³/mol. The van der Waals surface area contributed by atoms with Gasteiger partial charge in [-0.3, -0.25) is 4.79 Å². The topological polar surface area (TPSA) is 170 Å². The van der Waals surface area contributed by atoms with Crippen LogP contribution in [-0.2, 0) is 23.9 Å². The average molecular weight is 234 g/mol. The summed E-state index contributed by atoms with van der Waals surface area (Å²) in [5.41, 5.74) is 9.87. The van der Waals surface area contributed by atoms with Gasteiger partial charge in [-0.15, -0.1) is 0 Å². The van der Waals surface area contributed by atoms with Crippen LogP contribution in [-0.4, -0.2) is 46.2 Å². The van der Waals surface area contributed by atoms with Gasteiger partial charge in [0.25, 0.3) is 0 Å². The lowest BCUT2D eigenvalue weighted by Gasteiger charge is -2.09. The van der Waals surface area contributed by atoms with Gasteiger partial charge in [0.05, 0.1) is 6.42 Å². The number of hydrogen-bond acceptors (Lipinski definition) is 7. The molecular weight excluding hydrogens is 224 g/mol. The van der Waals surface area contributed by atoms with Crippen molar-refractivity contribution < 1.29 is 34.1 Å². The summed E-state index contributed by atoms with van der Waals surface area (Å²) >= 11 is 0. The van der Waals surface area contributed by atoms with E-state index in [0.717, 1.165) is 0 Å². The van der Waals surface area contributed by atoms with Crippen LogP contribution >= 0.6 is 0 Å². The fourth-order valence-electron chi connectivity index (χ4n) is 0.611. The van der Waals surface area contributed by atoms with Gasteiger partial charge < -0.3 is 26.4 Å². The molecule has 90 valence electrons. The summed E-state index contributed by atoms with van der Waals surface area (Å²) in [7, 11) is 0. The summed E-state index contributed by atoms with van der Waals surface area (Å²) in [4.78, 5) is 42.1. The van der Waals surface area contributed by atoms with Crippen molar-refractivity contribution in [1.29, 1.82) is 0 Å². The van der Waals surface area contributed by atoms with Crippen LogP contribution in [0.2, 0.25) is 0 Å². The minimum absolute atomic E-state index is 0.742. The number of nitrogens with two attached hydrogens (primary N) is 2. The van der Waals surface area contributed by atoms with Crippen LogP contribution in [0.15, 0.2) is 0 Å². The van der Waals surface area contributed by atoms with Gasteiger partial charge >= 0.3 is 23.9 Å². The normalized spacial score (nSPS) is 13.6. The van der Waals surface area contributed by atoms with E-state index in [4.69, 9.17) is 21.7 Å². The summed E-state index contributed by atoms with van der Waals surface area (Å²) in [6, 6.07) is -3.57. The molecule has 0 saturated heterocycles. The first-order valence-corrected chi connectivity index (χ1v) is 3.97. The molecule has 0 aliphatic carbocycles. The predicted octanol–water partition coefficient (Wildman–Crippen LogP) is -2.73. The summed E-state index contributed by atoms with van der Waals surface area (Å²) in [6.07, 6.45) is -0.742. The third-order valence-electron chi connectivity index (χ3n) is 1.42. The Morgan fingerprint density at radius 3 is 1.94 bits per heavy atom. The second-order valence-corrected chi connectivity index (χ2v) is 2.76. The molecule has 6 N–H and O–H groups in total. The lowest BCUT2D eigenvalue weighted by molar-refractivity contribution is -0.165. The van der Waals surface area contributed by atoms with Crippen LogP contribution in [0.1, 0.15) is 6.42 Å². The summed E-state index contributed by atoms with van der Waals surface area (Å²) < 4.78 is 3.96. The fraction of sp³-hybridized carbons (Fsp3) is 0.429. The molecular formula is C7H10N2O7. The zero-order valence-electron chi connectivity index (χ0n) is 7.95. The largest absolute Gasteiger partial charge is 0.481 e. The second-order valence-electron chi connectivity index (χ2n) is 2.76. The number of hydrogen-bond donors (Lipinski definition) is 4. The molecule has 0 radical (unpaired) electrons. The summed E-state index contributed by atoms with van der Waals surface area (Å²) in [5.74, 6) is -5.88. The quantitative estimate of drug-likeness (QED) is 0.291. The highest BCUT2D eigenvalue weighted by Gasteiger charge is 2.28. The van der Waals surface area contributed by atoms with Crippen LogP contribution in [0, 0.1) is 0 Å². The molecule has 2 atom stereocenters. The number of carboxylic acids is 2. The second kappa shape index (κ2) is 5.78. The lowest BCUT2D eigenvalue weighted by atomic mass is 10.2. The standard InChI is InChI=1S/C7H10N2O7/c8-2(1-3(10)11)6(14)16-7(15)4(9)5(12)13/h2,4H,1,8-9H2,(H,10,11)(H,12,13)/t2-,4?/m0/s1. The van der Waals surface area contributed by atoms with Gasteiger partial charge in [-0.25, -0.2) is 14.4 Å². The van der Waals surface area contributed by atoms with Crippen molar-refractivity contribution in [1.82, 2.24) is 0 Å². The van der Waals surface area contributed by atoms with Crippen molar-refractivity contribution >= 4 is 23.9 Å². The molecule has 1 unspecified atom stereocenters. The SMILES string of the molecule is NC(C(=O)O)C(=O)OC(=O)[C@@H](N)CC(=O)O. The lowest BCUT2D eigenvalue weighted by Crippen LogP contribution is -2.44. The van der Waals surface area contributed by atoms with Crippen molar-refractivity contribution in [3.05, 3.63) is 0 Å². The number of carbonyl (C=O) groups excluding carboxylic acids is 2. The first-order chi connectivity index (χ1) is 7.25. The van der Waals surface area contributed by atoms with Crippen LogP contribution in [0.4, 0.5) is 0 Å². The zero-order chi connectivity index (χ0) is 12.9. The number of carboxylic acid groups (broad SMARTS) is 2. The van der Waals surface area contributed by atoms with Gasteiger partial charge in [-0.1, -0.05) is 0 Å². The van der Waals surface area contributed by atoms with E-state index in [-0.39, 0.29) is 0 Å². The van der Waals surface area contributed by atoms with Gasteiger partial charge in [0, 0.05) is 0 Å². The Morgan fingerprint density at radius 2 is 1.56 bits per heavy atom. The highest BCUT2D eigenvalue weighted by molar-refractivity contribution is 6.02. The monoisotopic (exact) mass is 234 g/mol. The minimum atomic E-state index is -2.01. The molecule has 0 aliphatic rings. The van der Waals surface area contributed by atoms with E-state index in [9.17, 15) is 19.2 Å². The van der Waals surface area contributed by atoms with Crippen molar-refractivity contribution in [3.63, 3.8) is 0 Å². The fourth-order valence-corrected chi connectivity index (χ4v) is 0.611. The van der Waals surface area contributed by atoms with Gasteiger partial charge in [0.2, 0.25) is 6.04 Å².